The first-order valence-electron chi connectivity index (χ1n) is 5.60. The predicted molar refractivity (Wildman–Crippen MR) is 66.5 cm³/mol. The van der Waals surface area contributed by atoms with Gasteiger partial charge in [0.2, 0.25) is 0 Å². The van der Waals surface area contributed by atoms with E-state index < -0.39 is 0 Å². The van der Waals surface area contributed by atoms with E-state index in [0.717, 1.165) is 5.56 Å². The number of benzene rings is 1. The topological polar surface area (TPSA) is 83.0 Å². The molecule has 0 atom stereocenters. The first-order valence-corrected chi connectivity index (χ1v) is 5.60. The van der Waals surface area contributed by atoms with Crippen LogP contribution in [0.5, 0.6) is 0 Å². The minimum Gasteiger partial charge on any atom is -0.465 e. The number of hydrogen-bond acceptors (Lipinski definition) is 5. The summed E-state index contributed by atoms with van der Waals surface area (Å²) in [6.45, 7) is 2.13. The van der Waals surface area contributed by atoms with E-state index in [-0.39, 0.29) is 12.5 Å². The van der Waals surface area contributed by atoms with Crippen LogP contribution in [-0.4, -0.2) is 27.6 Å². The number of aromatic nitrogens is 3. The summed E-state index contributed by atoms with van der Waals surface area (Å²) >= 11 is 0. The Bertz CT molecular complexity index is 533. The summed E-state index contributed by atoms with van der Waals surface area (Å²) in [5.41, 5.74) is 7.89. The fraction of sp³-hybridized carbons (Fsp3) is 0.250. The molecule has 6 nitrogen and oxygen atoms in total. The summed E-state index contributed by atoms with van der Waals surface area (Å²) < 4.78 is 4.82. The molecule has 0 saturated heterocycles. The van der Waals surface area contributed by atoms with E-state index in [1.807, 2.05) is 12.1 Å². The molecule has 94 valence electrons. The fourth-order valence-electron chi connectivity index (χ4n) is 1.48. The molecule has 0 aliphatic heterocycles. The Morgan fingerprint density at radius 2 is 2.11 bits per heavy atom. The standard InChI is InChI=1S/C12H14N4O2/c1-2-18-12(17)8-16-14-7-11(15-16)9-3-5-10(13)6-4-9/h3-7H,2,8,13H2,1H3. The highest BCUT2D eigenvalue weighted by Gasteiger charge is 2.07. The Morgan fingerprint density at radius 3 is 2.78 bits per heavy atom. The zero-order chi connectivity index (χ0) is 13.0. The Labute approximate surface area is 104 Å². The number of nitrogens with two attached hydrogens (primary N) is 1. The second-order valence-corrected chi connectivity index (χ2v) is 3.69. The quantitative estimate of drug-likeness (QED) is 0.645. The van der Waals surface area contributed by atoms with Crippen LogP contribution in [0.3, 0.4) is 0 Å². The Kier molecular flexibility index (Phi) is 3.57. The monoisotopic (exact) mass is 246 g/mol. The second kappa shape index (κ2) is 5.31. The molecular formula is C12H14N4O2. The van der Waals surface area contributed by atoms with Gasteiger partial charge in [-0.25, -0.2) is 4.79 Å². The minimum absolute atomic E-state index is 0.0167. The molecule has 0 aliphatic rings. The number of carbonyl (C=O) groups excluding carboxylic acids is 1. The van der Waals surface area contributed by atoms with Crippen LogP contribution in [0, 0.1) is 0 Å². The highest BCUT2D eigenvalue weighted by atomic mass is 16.5. The lowest BCUT2D eigenvalue weighted by molar-refractivity contribution is -0.144. The smallest absolute Gasteiger partial charge is 0.329 e. The summed E-state index contributed by atoms with van der Waals surface area (Å²) in [5, 5.41) is 8.21. The van der Waals surface area contributed by atoms with Crippen LogP contribution in [-0.2, 0) is 16.1 Å². The number of nitrogens with zero attached hydrogens (tertiary/aromatic N) is 3. The van der Waals surface area contributed by atoms with Gasteiger partial charge in [-0.3, -0.25) is 0 Å². The average Bonchev–Trinajstić information content (AvgIpc) is 2.78. The molecule has 0 aliphatic carbocycles. The Hall–Kier alpha value is -2.37. The van der Waals surface area contributed by atoms with Gasteiger partial charge in [0.25, 0.3) is 0 Å². The third kappa shape index (κ3) is 2.85. The molecule has 1 heterocycles. The largest absolute Gasteiger partial charge is 0.465 e. The van der Waals surface area contributed by atoms with Crippen LogP contribution in [0.15, 0.2) is 30.5 Å². The van der Waals surface area contributed by atoms with Gasteiger partial charge in [0.05, 0.1) is 12.8 Å². The Balaban J connectivity index is 2.10. The van der Waals surface area contributed by atoms with Gasteiger partial charge in [0.15, 0.2) is 6.54 Å². The van der Waals surface area contributed by atoms with Crippen molar-refractivity contribution in [3.63, 3.8) is 0 Å². The van der Waals surface area contributed by atoms with Crippen molar-refractivity contribution < 1.29 is 9.53 Å². The lowest BCUT2D eigenvalue weighted by Crippen LogP contribution is -2.15. The van der Waals surface area contributed by atoms with Gasteiger partial charge in [0.1, 0.15) is 5.69 Å². The summed E-state index contributed by atoms with van der Waals surface area (Å²) in [6, 6.07) is 7.29. The van der Waals surface area contributed by atoms with Gasteiger partial charge in [-0.05, 0) is 19.1 Å². The number of hydrogen-bond donors (Lipinski definition) is 1. The molecule has 0 radical (unpaired) electrons. The average molecular weight is 246 g/mol. The van der Waals surface area contributed by atoms with E-state index in [1.54, 1.807) is 25.3 Å². The number of ether oxygens (including phenoxy) is 1. The van der Waals surface area contributed by atoms with Gasteiger partial charge < -0.3 is 10.5 Å². The Morgan fingerprint density at radius 1 is 1.39 bits per heavy atom. The zero-order valence-corrected chi connectivity index (χ0v) is 10.0. The molecule has 0 saturated carbocycles. The number of nitrogen functional groups attached to an aromatic ring is 1. The summed E-state index contributed by atoms with van der Waals surface area (Å²) in [7, 11) is 0. The molecular weight excluding hydrogens is 232 g/mol. The highest BCUT2D eigenvalue weighted by Crippen LogP contribution is 2.17. The normalized spacial score (nSPS) is 10.3. The van der Waals surface area contributed by atoms with E-state index in [4.69, 9.17) is 10.5 Å². The van der Waals surface area contributed by atoms with Gasteiger partial charge in [0, 0.05) is 11.3 Å². The molecule has 0 unspecified atom stereocenters. The van der Waals surface area contributed by atoms with Crippen LogP contribution < -0.4 is 5.73 Å². The van der Waals surface area contributed by atoms with Crippen LogP contribution in [0.25, 0.3) is 11.3 Å². The van der Waals surface area contributed by atoms with Crippen LogP contribution >= 0.6 is 0 Å². The summed E-state index contributed by atoms with van der Waals surface area (Å²) in [5.74, 6) is -0.350. The molecule has 2 rings (SSSR count). The molecule has 0 bridgehead atoms. The minimum atomic E-state index is -0.350. The summed E-state index contributed by atoms with van der Waals surface area (Å²) in [4.78, 5) is 12.6. The van der Waals surface area contributed by atoms with Gasteiger partial charge >= 0.3 is 5.97 Å². The molecule has 1 aromatic carbocycles. The molecule has 2 N–H and O–H groups in total. The first kappa shape index (κ1) is 12.1. The molecule has 0 amide bonds. The van der Waals surface area contributed by atoms with E-state index in [2.05, 4.69) is 10.2 Å². The van der Waals surface area contributed by atoms with Crippen molar-refractivity contribution in [2.24, 2.45) is 0 Å². The number of anilines is 1. The second-order valence-electron chi connectivity index (χ2n) is 3.69. The van der Waals surface area contributed by atoms with E-state index >= 15 is 0 Å². The number of esters is 1. The lowest BCUT2D eigenvalue weighted by Gasteiger charge is -2.00. The highest BCUT2D eigenvalue weighted by molar-refractivity contribution is 5.69. The third-order valence-electron chi connectivity index (χ3n) is 2.32. The van der Waals surface area contributed by atoms with Crippen molar-refractivity contribution in [1.29, 1.82) is 0 Å². The van der Waals surface area contributed by atoms with Crippen molar-refractivity contribution in [1.82, 2.24) is 15.0 Å². The van der Waals surface area contributed by atoms with Gasteiger partial charge in [-0.15, -0.1) is 0 Å². The first-order chi connectivity index (χ1) is 8.69. The SMILES string of the molecule is CCOC(=O)Cn1ncc(-c2ccc(N)cc2)n1. The van der Waals surface area contributed by atoms with Crippen LogP contribution in [0.4, 0.5) is 5.69 Å². The zero-order valence-electron chi connectivity index (χ0n) is 10.0. The molecule has 6 heteroatoms. The molecule has 0 fully saturated rings. The summed E-state index contributed by atoms with van der Waals surface area (Å²) in [6.07, 6.45) is 1.60. The van der Waals surface area contributed by atoms with Crippen molar-refractivity contribution in [2.75, 3.05) is 12.3 Å². The van der Waals surface area contributed by atoms with Crippen LogP contribution in [0.1, 0.15) is 6.92 Å². The maximum absolute atomic E-state index is 11.3. The lowest BCUT2D eigenvalue weighted by atomic mass is 10.1. The maximum atomic E-state index is 11.3. The molecule has 2 aromatic rings. The van der Waals surface area contributed by atoms with Crippen molar-refractivity contribution in [2.45, 2.75) is 13.5 Å². The van der Waals surface area contributed by atoms with Crippen molar-refractivity contribution in [3.05, 3.63) is 30.5 Å². The maximum Gasteiger partial charge on any atom is 0.329 e. The van der Waals surface area contributed by atoms with E-state index in [9.17, 15) is 4.79 Å². The third-order valence-corrected chi connectivity index (χ3v) is 2.32. The van der Waals surface area contributed by atoms with Gasteiger partial charge in [-0.2, -0.15) is 15.0 Å². The molecule has 0 spiro atoms. The predicted octanol–water partition coefficient (Wildman–Crippen LogP) is 1.09. The fourth-order valence-corrected chi connectivity index (χ4v) is 1.48. The van der Waals surface area contributed by atoms with Crippen molar-refractivity contribution in [3.8, 4) is 11.3 Å². The van der Waals surface area contributed by atoms with E-state index in [1.165, 1.54) is 4.80 Å². The van der Waals surface area contributed by atoms with Crippen LogP contribution in [0.2, 0.25) is 0 Å². The molecule has 18 heavy (non-hydrogen) atoms. The number of carbonyl (C=O) groups is 1. The number of rotatable bonds is 4. The van der Waals surface area contributed by atoms with Crippen molar-refractivity contribution >= 4 is 11.7 Å². The van der Waals surface area contributed by atoms with Gasteiger partial charge in [-0.1, -0.05) is 12.1 Å². The van der Waals surface area contributed by atoms with E-state index in [0.29, 0.717) is 18.0 Å². The molecule has 1 aromatic heterocycles.